The summed E-state index contributed by atoms with van der Waals surface area (Å²) in [4.78, 5) is 26.5. The lowest BCUT2D eigenvalue weighted by Crippen LogP contribution is -2.42. The van der Waals surface area contributed by atoms with Crippen molar-refractivity contribution in [1.82, 2.24) is 0 Å². The van der Waals surface area contributed by atoms with Crippen LogP contribution in [0.5, 0.6) is 0 Å². The normalized spacial score (nSPS) is 18.9. The van der Waals surface area contributed by atoms with Crippen molar-refractivity contribution in [3.8, 4) is 0 Å². The van der Waals surface area contributed by atoms with Crippen molar-refractivity contribution in [1.29, 1.82) is 0 Å². The van der Waals surface area contributed by atoms with Crippen LogP contribution in [-0.2, 0) is 14.3 Å². The quantitative estimate of drug-likeness (QED) is 0.384. The molecule has 1 saturated carbocycles. The maximum absolute atomic E-state index is 12.4. The molecule has 2 aromatic rings. The van der Waals surface area contributed by atoms with E-state index in [4.69, 9.17) is 15.2 Å². The number of rotatable bonds is 9. The molecule has 1 fully saturated rings. The minimum absolute atomic E-state index is 0.0390. The van der Waals surface area contributed by atoms with Gasteiger partial charge in [0.1, 0.15) is 6.10 Å². The van der Waals surface area contributed by atoms with E-state index in [1.165, 1.54) is 7.11 Å². The third-order valence-corrected chi connectivity index (χ3v) is 6.56. The van der Waals surface area contributed by atoms with Crippen LogP contribution in [0.1, 0.15) is 74.7 Å². The monoisotopic (exact) mass is 466 g/mol. The number of hydrogen-bond acceptors (Lipinski definition) is 6. The number of nitrogen functional groups attached to an aromatic ring is 1. The van der Waals surface area contributed by atoms with Crippen LogP contribution in [0.4, 0.5) is 11.4 Å². The van der Waals surface area contributed by atoms with Gasteiger partial charge in [0.05, 0.1) is 30.5 Å². The average Bonchev–Trinajstić information content (AvgIpc) is 2.83. The van der Waals surface area contributed by atoms with Gasteiger partial charge >= 0.3 is 11.9 Å². The number of carbonyl (C=O) groups is 2. The Labute approximate surface area is 203 Å². The van der Waals surface area contributed by atoms with Crippen molar-refractivity contribution in [2.24, 2.45) is 5.92 Å². The smallest absolute Gasteiger partial charge is 0.338 e. The Morgan fingerprint density at radius 2 is 1.71 bits per heavy atom. The molecule has 184 valence electrons. The van der Waals surface area contributed by atoms with E-state index in [0.29, 0.717) is 23.9 Å². The van der Waals surface area contributed by atoms with Crippen LogP contribution in [0.15, 0.2) is 48.5 Å². The van der Waals surface area contributed by atoms with E-state index in [-0.39, 0.29) is 24.0 Å². The number of nitrogens with zero attached hydrogens (tertiary/aromatic N) is 1. The van der Waals surface area contributed by atoms with E-state index in [1.54, 1.807) is 12.1 Å². The van der Waals surface area contributed by atoms with Crippen molar-refractivity contribution < 1.29 is 19.1 Å². The van der Waals surface area contributed by atoms with E-state index >= 15 is 0 Å². The van der Waals surface area contributed by atoms with Crippen molar-refractivity contribution in [3.63, 3.8) is 0 Å². The summed E-state index contributed by atoms with van der Waals surface area (Å²) in [7, 11) is 1.41. The van der Waals surface area contributed by atoms with Gasteiger partial charge in [0.15, 0.2) is 0 Å². The van der Waals surface area contributed by atoms with Crippen molar-refractivity contribution in [3.05, 3.63) is 59.7 Å². The van der Waals surface area contributed by atoms with Gasteiger partial charge in [-0.05, 0) is 67.3 Å². The molecule has 0 amide bonds. The standard InChI is InChI=1S/C28H38N2O4/c1-19(2)18-30(26-15-10-22(17-25(26)29)20(3)16-27(31)33-4)23-11-13-24(14-12-23)34-28(32)21-8-6-5-7-9-21/h5-10,15,17,19-20,23-24H,11-14,16,18,29H2,1-4H3/t20-,23?,24?/m1/s1. The first kappa shape index (κ1) is 25.6. The highest BCUT2D eigenvalue weighted by molar-refractivity contribution is 5.89. The zero-order valence-electron chi connectivity index (χ0n) is 20.8. The molecule has 6 heteroatoms. The van der Waals surface area contributed by atoms with Gasteiger partial charge in [-0.15, -0.1) is 0 Å². The van der Waals surface area contributed by atoms with E-state index < -0.39 is 0 Å². The first-order valence-electron chi connectivity index (χ1n) is 12.3. The molecule has 6 nitrogen and oxygen atoms in total. The number of carbonyl (C=O) groups excluding carboxylic acids is 2. The van der Waals surface area contributed by atoms with Crippen LogP contribution in [0.25, 0.3) is 0 Å². The summed E-state index contributed by atoms with van der Waals surface area (Å²) in [6, 6.07) is 15.7. The van der Waals surface area contributed by atoms with Gasteiger partial charge in [0.25, 0.3) is 0 Å². The Hall–Kier alpha value is -3.02. The second-order valence-corrected chi connectivity index (χ2v) is 9.75. The van der Waals surface area contributed by atoms with Gasteiger partial charge in [-0.3, -0.25) is 4.79 Å². The molecule has 0 bridgehead atoms. The predicted molar refractivity (Wildman–Crippen MR) is 136 cm³/mol. The Bertz CT molecular complexity index is 952. The molecule has 1 atom stereocenters. The summed E-state index contributed by atoms with van der Waals surface area (Å²) in [5.41, 5.74) is 9.93. The Balaban J connectivity index is 1.67. The third kappa shape index (κ3) is 6.75. The van der Waals surface area contributed by atoms with E-state index in [9.17, 15) is 9.59 Å². The van der Waals surface area contributed by atoms with Gasteiger partial charge < -0.3 is 20.1 Å². The van der Waals surface area contributed by atoms with Gasteiger partial charge in [-0.25, -0.2) is 4.79 Å². The predicted octanol–water partition coefficient (Wildman–Crippen LogP) is 5.57. The highest BCUT2D eigenvalue weighted by atomic mass is 16.5. The summed E-state index contributed by atoms with van der Waals surface area (Å²) >= 11 is 0. The fourth-order valence-corrected chi connectivity index (χ4v) is 4.70. The zero-order valence-corrected chi connectivity index (χ0v) is 20.8. The Kier molecular flexibility index (Phi) is 8.97. The second kappa shape index (κ2) is 11.9. The maximum atomic E-state index is 12.4. The SMILES string of the molecule is COC(=O)C[C@@H](C)c1ccc(N(CC(C)C)C2CCC(OC(=O)c3ccccc3)CC2)c(N)c1. The fraction of sp³-hybridized carbons (Fsp3) is 0.500. The van der Waals surface area contributed by atoms with Crippen LogP contribution in [0.2, 0.25) is 0 Å². The lowest BCUT2D eigenvalue weighted by Gasteiger charge is -2.40. The number of methoxy groups -OCH3 is 1. The first-order valence-corrected chi connectivity index (χ1v) is 12.3. The molecule has 0 unspecified atom stereocenters. The summed E-state index contributed by atoms with van der Waals surface area (Å²) in [6.45, 7) is 7.34. The Morgan fingerprint density at radius 1 is 1.03 bits per heavy atom. The second-order valence-electron chi connectivity index (χ2n) is 9.75. The number of nitrogens with two attached hydrogens (primary N) is 1. The third-order valence-electron chi connectivity index (χ3n) is 6.56. The summed E-state index contributed by atoms with van der Waals surface area (Å²) < 4.78 is 10.6. The molecule has 1 aliphatic rings. The zero-order chi connectivity index (χ0) is 24.7. The summed E-state index contributed by atoms with van der Waals surface area (Å²) in [5, 5.41) is 0. The fourth-order valence-electron chi connectivity index (χ4n) is 4.70. The van der Waals surface area contributed by atoms with E-state index in [0.717, 1.165) is 49.2 Å². The number of esters is 2. The molecular weight excluding hydrogens is 428 g/mol. The largest absolute Gasteiger partial charge is 0.469 e. The summed E-state index contributed by atoms with van der Waals surface area (Å²) in [5.74, 6) is 0.0494. The number of ether oxygens (including phenoxy) is 2. The molecule has 1 aliphatic carbocycles. The average molecular weight is 467 g/mol. The summed E-state index contributed by atoms with van der Waals surface area (Å²) in [6.07, 6.45) is 3.84. The first-order chi connectivity index (χ1) is 16.3. The van der Waals surface area contributed by atoms with E-state index in [2.05, 4.69) is 30.9 Å². The number of benzene rings is 2. The lowest BCUT2D eigenvalue weighted by molar-refractivity contribution is -0.140. The molecule has 2 aromatic carbocycles. The van der Waals surface area contributed by atoms with Gasteiger partial charge in [0, 0.05) is 12.6 Å². The minimum Gasteiger partial charge on any atom is -0.469 e. The molecule has 0 heterocycles. The van der Waals surface area contributed by atoms with Crippen LogP contribution in [-0.4, -0.2) is 37.7 Å². The van der Waals surface area contributed by atoms with Crippen molar-refractivity contribution in [2.75, 3.05) is 24.3 Å². The number of anilines is 2. The van der Waals surface area contributed by atoms with Crippen LogP contribution >= 0.6 is 0 Å². The minimum atomic E-state index is -0.246. The number of hydrogen-bond donors (Lipinski definition) is 1. The van der Waals surface area contributed by atoms with Crippen LogP contribution in [0.3, 0.4) is 0 Å². The molecular formula is C28H38N2O4. The highest BCUT2D eigenvalue weighted by Crippen LogP contribution is 2.35. The Morgan fingerprint density at radius 3 is 2.29 bits per heavy atom. The van der Waals surface area contributed by atoms with Crippen molar-refractivity contribution in [2.45, 2.75) is 70.9 Å². The van der Waals surface area contributed by atoms with Gasteiger partial charge in [-0.1, -0.05) is 45.0 Å². The maximum Gasteiger partial charge on any atom is 0.338 e. The molecule has 0 aromatic heterocycles. The molecule has 0 spiro atoms. The van der Waals surface area contributed by atoms with Crippen LogP contribution < -0.4 is 10.6 Å². The lowest BCUT2D eigenvalue weighted by atomic mass is 9.90. The van der Waals surface area contributed by atoms with Gasteiger partial charge in [0.2, 0.25) is 0 Å². The molecule has 0 aliphatic heterocycles. The topological polar surface area (TPSA) is 81.9 Å². The molecule has 0 saturated heterocycles. The van der Waals surface area contributed by atoms with E-state index in [1.807, 2.05) is 31.2 Å². The van der Waals surface area contributed by atoms with Gasteiger partial charge in [-0.2, -0.15) is 0 Å². The molecule has 0 radical (unpaired) electrons. The molecule has 3 rings (SSSR count). The van der Waals surface area contributed by atoms with Crippen molar-refractivity contribution >= 4 is 23.3 Å². The highest BCUT2D eigenvalue weighted by Gasteiger charge is 2.29. The van der Waals surface area contributed by atoms with Crippen LogP contribution in [0, 0.1) is 5.92 Å². The molecule has 34 heavy (non-hydrogen) atoms. The molecule has 2 N–H and O–H groups in total.